The summed E-state index contributed by atoms with van der Waals surface area (Å²) in [5.41, 5.74) is 7.73. The van der Waals surface area contributed by atoms with Gasteiger partial charge >= 0.3 is 0 Å². The highest BCUT2D eigenvalue weighted by Crippen LogP contribution is 2.43. The molecule has 0 N–H and O–H groups in total. The molecule has 3 aromatic rings. The molecule has 3 nitrogen and oxygen atoms in total. The van der Waals surface area contributed by atoms with E-state index in [0.717, 1.165) is 54.6 Å². The Morgan fingerprint density at radius 2 is 1.78 bits per heavy atom. The minimum absolute atomic E-state index is 0.140. The zero-order valence-corrected chi connectivity index (χ0v) is 17.9. The third-order valence-corrected chi connectivity index (χ3v) is 7.01. The first kappa shape index (κ1) is 19.1. The van der Waals surface area contributed by atoms with Crippen molar-refractivity contribution in [1.29, 1.82) is 0 Å². The van der Waals surface area contributed by atoms with Crippen LogP contribution >= 0.6 is 0 Å². The molecule has 1 aliphatic carbocycles. The van der Waals surface area contributed by atoms with Gasteiger partial charge in [-0.05, 0) is 72.4 Å². The normalized spacial score (nSPS) is 20.2. The van der Waals surface area contributed by atoms with Gasteiger partial charge < -0.3 is 4.90 Å². The lowest BCUT2D eigenvalue weighted by Gasteiger charge is -2.38. The maximum absolute atomic E-state index is 13.5. The quantitative estimate of drug-likeness (QED) is 0.496. The second-order valence-electron chi connectivity index (χ2n) is 8.91. The first-order chi connectivity index (χ1) is 15.8. The molecular formula is C29H24N2O. The molecule has 2 atom stereocenters. The third kappa shape index (κ3) is 3.33. The average Bonchev–Trinajstić information content (AvgIpc) is 3.46. The molecule has 1 fully saturated rings. The van der Waals surface area contributed by atoms with Crippen LogP contribution in [0.3, 0.4) is 0 Å². The molecule has 3 aromatic carbocycles. The fourth-order valence-corrected chi connectivity index (χ4v) is 5.42. The van der Waals surface area contributed by atoms with Crippen LogP contribution in [-0.2, 0) is 12.8 Å². The second kappa shape index (κ2) is 7.80. The van der Waals surface area contributed by atoms with Gasteiger partial charge in [-0.1, -0.05) is 42.2 Å². The summed E-state index contributed by atoms with van der Waals surface area (Å²) in [7, 11) is 0. The van der Waals surface area contributed by atoms with E-state index in [-0.39, 0.29) is 11.9 Å². The number of fused-ring (bicyclic) bond motifs is 4. The summed E-state index contributed by atoms with van der Waals surface area (Å²) in [5, 5.41) is 0. The molecule has 0 aromatic heterocycles. The van der Waals surface area contributed by atoms with Crippen molar-refractivity contribution in [3.63, 3.8) is 0 Å². The first-order valence-corrected chi connectivity index (χ1v) is 11.4. The van der Waals surface area contributed by atoms with Gasteiger partial charge in [0, 0.05) is 47.8 Å². The molecule has 2 aliphatic heterocycles. The molecule has 0 bridgehead atoms. The third-order valence-electron chi connectivity index (χ3n) is 7.01. The Kier molecular flexibility index (Phi) is 4.65. The second-order valence-corrected chi connectivity index (χ2v) is 8.91. The fourth-order valence-electron chi connectivity index (χ4n) is 5.42. The first-order valence-electron chi connectivity index (χ1n) is 11.4. The lowest BCUT2D eigenvalue weighted by molar-refractivity contribution is 0.0595. The van der Waals surface area contributed by atoms with E-state index in [1.54, 1.807) is 0 Å². The van der Waals surface area contributed by atoms with Crippen molar-refractivity contribution in [2.75, 3.05) is 6.54 Å². The number of likely N-dealkylation sites (tertiary alicyclic amines) is 1. The summed E-state index contributed by atoms with van der Waals surface area (Å²) in [4.78, 5) is 20.0. The average molecular weight is 417 g/mol. The summed E-state index contributed by atoms with van der Waals surface area (Å²) in [6.07, 6.45) is 5.88. The molecule has 0 radical (unpaired) electrons. The van der Waals surface area contributed by atoms with E-state index in [1.807, 2.05) is 48.7 Å². The van der Waals surface area contributed by atoms with E-state index in [2.05, 4.69) is 46.0 Å². The Morgan fingerprint density at radius 1 is 0.938 bits per heavy atom. The van der Waals surface area contributed by atoms with Crippen molar-refractivity contribution in [3.8, 4) is 11.8 Å². The molecule has 2 heterocycles. The number of nitrogens with zero attached hydrogens (tertiary/aromatic N) is 2. The maximum Gasteiger partial charge on any atom is 0.254 e. The summed E-state index contributed by atoms with van der Waals surface area (Å²) in [5.74, 6) is 7.13. The lowest BCUT2D eigenvalue weighted by atomic mass is 9.87. The number of carbonyl (C=O) groups excluding carboxylic acids is 1. The highest BCUT2D eigenvalue weighted by atomic mass is 16.2. The zero-order valence-electron chi connectivity index (χ0n) is 17.9. The number of amides is 1. The number of hydrogen-bond acceptors (Lipinski definition) is 2. The van der Waals surface area contributed by atoms with Crippen molar-refractivity contribution in [2.24, 2.45) is 4.99 Å². The minimum atomic E-state index is 0.140. The van der Waals surface area contributed by atoms with E-state index in [9.17, 15) is 4.79 Å². The summed E-state index contributed by atoms with van der Waals surface area (Å²) in [6.45, 7) is 0.828. The highest BCUT2D eigenvalue weighted by molar-refractivity contribution is 5.96. The van der Waals surface area contributed by atoms with E-state index >= 15 is 0 Å². The largest absolute Gasteiger partial charge is 0.335 e. The van der Waals surface area contributed by atoms with Crippen LogP contribution in [0.15, 0.2) is 71.7 Å². The Hall–Kier alpha value is -3.64. The van der Waals surface area contributed by atoms with Gasteiger partial charge in [-0.25, -0.2) is 0 Å². The van der Waals surface area contributed by atoms with Crippen molar-refractivity contribution in [3.05, 3.63) is 100 Å². The van der Waals surface area contributed by atoms with Gasteiger partial charge in [-0.2, -0.15) is 0 Å². The van der Waals surface area contributed by atoms with Gasteiger partial charge in [0.05, 0.1) is 5.69 Å². The van der Waals surface area contributed by atoms with Gasteiger partial charge in [0.25, 0.3) is 5.91 Å². The van der Waals surface area contributed by atoms with Crippen LogP contribution in [0.1, 0.15) is 56.9 Å². The molecule has 0 saturated carbocycles. The molecule has 32 heavy (non-hydrogen) atoms. The Bertz CT molecular complexity index is 1300. The van der Waals surface area contributed by atoms with Crippen LogP contribution in [0.4, 0.5) is 5.69 Å². The molecule has 3 heteroatoms. The molecular weight excluding hydrogens is 392 g/mol. The van der Waals surface area contributed by atoms with Crippen LogP contribution in [-0.4, -0.2) is 29.6 Å². The number of piperidine rings is 1. The molecule has 1 saturated heterocycles. The summed E-state index contributed by atoms with van der Waals surface area (Å²) in [6, 6.07) is 22.9. The predicted molar refractivity (Wildman–Crippen MR) is 128 cm³/mol. The van der Waals surface area contributed by atoms with Crippen molar-refractivity contribution >= 4 is 17.8 Å². The van der Waals surface area contributed by atoms with Gasteiger partial charge in [0.15, 0.2) is 0 Å². The number of hydrogen-bond donors (Lipinski definition) is 0. The van der Waals surface area contributed by atoms with Crippen LogP contribution < -0.4 is 0 Å². The van der Waals surface area contributed by atoms with E-state index in [4.69, 9.17) is 0 Å². The standard InChI is InChI=1S/C29H24N2O/c32-29(24-13-12-22-14-15-30-27(22)18-24)31-16-4-7-25-26-17-21(10-11-23(26)19-28(25)31)9-8-20-5-2-1-3-6-20/h1-3,5-6,10-13,15,17-18,25,28H,4,7,14,16,19H2/t25-,28+/m1/s1. The Balaban J connectivity index is 1.26. The number of benzene rings is 3. The molecule has 156 valence electrons. The van der Waals surface area contributed by atoms with E-state index < -0.39 is 0 Å². The van der Waals surface area contributed by atoms with Gasteiger partial charge in [-0.3, -0.25) is 9.79 Å². The van der Waals surface area contributed by atoms with E-state index in [0.29, 0.717) is 5.92 Å². The van der Waals surface area contributed by atoms with Crippen molar-refractivity contribution in [2.45, 2.75) is 37.6 Å². The maximum atomic E-state index is 13.5. The molecule has 3 aliphatic rings. The smallest absolute Gasteiger partial charge is 0.254 e. The van der Waals surface area contributed by atoms with Crippen LogP contribution in [0.5, 0.6) is 0 Å². The molecule has 6 rings (SSSR count). The zero-order chi connectivity index (χ0) is 21.5. The van der Waals surface area contributed by atoms with Crippen LogP contribution in [0, 0.1) is 11.8 Å². The SMILES string of the molecule is O=C(c1ccc2c(c1)N=CC2)N1CCC[C@@H]2c3cc(C#Cc4ccccc4)ccc3C[C@@H]21. The monoisotopic (exact) mass is 416 g/mol. The summed E-state index contributed by atoms with van der Waals surface area (Å²) < 4.78 is 0. The number of aliphatic imine (C=N–C) groups is 1. The van der Waals surface area contributed by atoms with Crippen LogP contribution in [0.25, 0.3) is 0 Å². The Labute approximate surface area is 188 Å². The van der Waals surface area contributed by atoms with Gasteiger partial charge in [-0.15, -0.1) is 0 Å². The molecule has 0 spiro atoms. The van der Waals surface area contributed by atoms with E-state index in [1.165, 1.54) is 16.7 Å². The highest BCUT2D eigenvalue weighted by Gasteiger charge is 2.41. The van der Waals surface area contributed by atoms with Crippen molar-refractivity contribution in [1.82, 2.24) is 4.90 Å². The topological polar surface area (TPSA) is 32.7 Å². The lowest BCUT2D eigenvalue weighted by Crippen LogP contribution is -2.46. The number of rotatable bonds is 1. The molecule has 1 amide bonds. The van der Waals surface area contributed by atoms with Crippen LogP contribution in [0.2, 0.25) is 0 Å². The van der Waals surface area contributed by atoms with Gasteiger partial charge in [0.1, 0.15) is 0 Å². The fraction of sp³-hybridized carbons (Fsp3) is 0.241. The molecule has 0 unspecified atom stereocenters. The summed E-state index contributed by atoms with van der Waals surface area (Å²) >= 11 is 0. The Morgan fingerprint density at radius 3 is 2.69 bits per heavy atom. The number of carbonyl (C=O) groups is 1. The van der Waals surface area contributed by atoms with Crippen molar-refractivity contribution < 1.29 is 4.79 Å². The minimum Gasteiger partial charge on any atom is -0.335 e. The van der Waals surface area contributed by atoms with Gasteiger partial charge in [0.2, 0.25) is 0 Å². The predicted octanol–water partition coefficient (Wildman–Crippen LogP) is 5.29.